The molecular weight excluding hydrogens is 426 g/mol. The van der Waals surface area contributed by atoms with Crippen LogP contribution < -0.4 is 5.32 Å². The van der Waals surface area contributed by atoms with Crippen LogP contribution in [-0.2, 0) is 6.42 Å². The summed E-state index contributed by atoms with van der Waals surface area (Å²) in [6, 6.07) is 21.5. The highest BCUT2D eigenvalue weighted by Crippen LogP contribution is 2.35. The number of piperidine rings is 1. The Balaban J connectivity index is 1.18. The molecule has 0 spiro atoms. The van der Waals surface area contributed by atoms with Crippen LogP contribution in [0.3, 0.4) is 0 Å². The van der Waals surface area contributed by atoms with E-state index in [1.807, 2.05) is 6.07 Å². The molecule has 3 nitrogen and oxygen atoms in total. The van der Waals surface area contributed by atoms with Gasteiger partial charge in [-0.3, -0.25) is 0 Å². The van der Waals surface area contributed by atoms with Crippen LogP contribution in [0.4, 0.5) is 11.4 Å². The van der Waals surface area contributed by atoms with E-state index in [2.05, 4.69) is 89.8 Å². The number of H-pyrrole nitrogens is 1. The topological polar surface area (TPSA) is 31.1 Å². The number of halogens is 1. The minimum Gasteiger partial charge on any atom is -0.360 e. The summed E-state index contributed by atoms with van der Waals surface area (Å²) in [4.78, 5) is 6.01. The molecule has 1 fully saturated rings. The fraction of sp³-hybridized carbons (Fsp3) is 0.310. The number of fused-ring (bicyclic) bond motifs is 1. The average Bonchev–Trinajstić information content (AvgIpc) is 3.27. The third kappa shape index (κ3) is 4.95. The molecule has 2 heterocycles. The van der Waals surface area contributed by atoms with Gasteiger partial charge in [0.1, 0.15) is 0 Å². The van der Waals surface area contributed by atoms with Gasteiger partial charge in [-0.05, 0) is 99.1 Å². The number of aromatic amines is 1. The molecule has 4 aromatic rings. The number of likely N-dealkylation sites (tertiary alicyclic amines) is 1. The highest BCUT2D eigenvalue weighted by atomic mass is 35.5. The summed E-state index contributed by atoms with van der Waals surface area (Å²) in [5, 5.41) is 5.65. The minimum absolute atomic E-state index is 0.609. The lowest BCUT2D eigenvalue weighted by Gasteiger charge is -2.32. The fourth-order valence-electron chi connectivity index (χ4n) is 5.05. The van der Waals surface area contributed by atoms with E-state index in [0.717, 1.165) is 48.0 Å². The molecule has 0 atom stereocenters. The number of nitrogens with zero attached hydrogens (tertiary/aromatic N) is 1. The van der Waals surface area contributed by atoms with Crippen molar-refractivity contribution >= 4 is 33.9 Å². The van der Waals surface area contributed by atoms with Gasteiger partial charge in [0.25, 0.3) is 0 Å². The largest absolute Gasteiger partial charge is 0.360 e. The summed E-state index contributed by atoms with van der Waals surface area (Å²) < 4.78 is 0. The third-order valence-electron chi connectivity index (χ3n) is 7.11. The first kappa shape index (κ1) is 22.1. The lowest BCUT2D eigenvalue weighted by molar-refractivity contribution is 0.215. The number of benzene rings is 3. The molecule has 0 unspecified atom stereocenters. The lowest BCUT2D eigenvalue weighted by Crippen LogP contribution is -2.34. The van der Waals surface area contributed by atoms with Gasteiger partial charge in [-0.2, -0.15) is 0 Å². The standard InChI is InChI=1S/C29H32ClN3/c1-20-6-9-24(10-7-20)32-25-11-8-21(2)23(18-25)14-17-33-15-12-22(13-16-33)27-19-31-29-26(27)4-3-5-28(29)30/h3-11,18-19,22,31-32H,12-17H2,1-2H3. The zero-order valence-corrected chi connectivity index (χ0v) is 20.3. The number of aromatic nitrogens is 1. The minimum atomic E-state index is 0.609. The van der Waals surface area contributed by atoms with Gasteiger partial charge in [-0.1, -0.05) is 47.5 Å². The maximum absolute atomic E-state index is 6.36. The first-order chi connectivity index (χ1) is 16.1. The Bertz CT molecular complexity index is 1230. The van der Waals surface area contributed by atoms with Crippen molar-refractivity contribution in [1.82, 2.24) is 9.88 Å². The van der Waals surface area contributed by atoms with Crippen molar-refractivity contribution in [1.29, 1.82) is 0 Å². The first-order valence-electron chi connectivity index (χ1n) is 12.0. The maximum atomic E-state index is 6.36. The Labute approximate surface area is 201 Å². The molecule has 0 amide bonds. The van der Waals surface area contributed by atoms with E-state index in [-0.39, 0.29) is 0 Å². The van der Waals surface area contributed by atoms with Gasteiger partial charge < -0.3 is 15.2 Å². The van der Waals surface area contributed by atoms with Gasteiger partial charge >= 0.3 is 0 Å². The quantitative estimate of drug-likeness (QED) is 0.312. The predicted octanol–water partition coefficient (Wildman–Crippen LogP) is 7.60. The van der Waals surface area contributed by atoms with Crippen LogP contribution in [0.5, 0.6) is 0 Å². The van der Waals surface area contributed by atoms with Crippen molar-refractivity contribution in [2.24, 2.45) is 0 Å². The van der Waals surface area contributed by atoms with Crippen LogP contribution >= 0.6 is 11.6 Å². The normalized spacial score (nSPS) is 15.2. The molecule has 0 radical (unpaired) electrons. The summed E-state index contributed by atoms with van der Waals surface area (Å²) >= 11 is 6.36. The van der Waals surface area contributed by atoms with E-state index in [1.54, 1.807) is 0 Å². The van der Waals surface area contributed by atoms with Gasteiger partial charge in [0.05, 0.1) is 10.5 Å². The fourth-order valence-corrected chi connectivity index (χ4v) is 5.27. The van der Waals surface area contributed by atoms with Crippen LogP contribution in [0.15, 0.2) is 66.9 Å². The van der Waals surface area contributed by atoms with Gasteiger partial charge in [-0.15, -0.1) is 0 Å². The van der Waals surface area contributed by atoms with Crippen LogP contribution in [0.25, 0.3) is 10.9 Å². The molecule has 1 aliphatic heterocycles. The maximum Gasteiger partial charge on any atom is 0.0647 e. The second-order valence-electron chi connectivity index (χ2n) is 9.40. The van der Waals surface area contributed by atoms with E-state index >= 15 is 0 Å². The molecule has 33 heavy (non-hydrogen) atoms. The molecule has 5 rings (SSSR count). The number of hydrogen-bond donors (Lipinski definition) is 2. The Kier molecular flexibility index (Phi) is 6.43. The molecule has 2 N–H and O–H groups in total. The van der Waals surface area contributed by atoms with Crippen LogP contribution in [0, 0.1) is 13.8 Å². The van der Waals surface area contributed by atoms with E-state index in [1.165, 1.54) is 40.5 Å². The van der Waals surface area contributed by atoms with Crippen molar-refractivity contribution in [3.05, 3.63) is 94.1 Å². The molecular formula is C29H32ClN3. The molecule has 0 bridgehead atoms. The zero-order chi connectivity index (χ0) is 22.8. The summed E-state index contributed by atoms with van der Waals surface area (Å²) in [7, 11) is 0. The Hall–Kier alpha value is -2.75. The average molecular weight is 458 g/mol. The van der Waals surface area contributed by atoms with Gasteiger partial charge in [-0.25, -0.2) is 0 Å². The van der Waals surface area contributed by atoms with Gasteiger partial charge in [0, 0.05) is 29.5 Å². The molecule has 0 aliphatic carbocycles. The van der Waals surface area contributed by atoms with Crippen molar-refractivity contribution < 1.29 is 0 Å². The number of nitrogens with one attached hydrogen (secondary N) is 2. The summed E-state index contributed by atoms with van der Waals surface area (Å²) in [6.45, 7) is 7.75. The second-order valence-corrected chi connectivity index (χ2v) is 9.81. The molecule has 170 valence electrons. The number of para-hydroxylation sites is 1. The number of rotatable bonds is 6. The Morgan fingerprint density at radius 2 is 1.73 bits per heavy atom. The van der Waals surface area contributed by atoms with E-state index in [9.17, 15) is 0 Å². The SMILES string of the molecule is Cc1ccc(Nc2ccc(C)c(CCN3CCC(c4c[nH]c5c(Cl)cccc45)CC3)c2)cc1. The lowest BCUT2D eigenvalue weighted by atomic mass is 9.89. The molecule has 1 saturated heterocycles. The van der Waals surface area contributed by atoms with Crippen LogP contribution in [0.2, 0.25) is 5.02 Å². The number of hydrogen-bond acceptors (Lipinski definition) is 2. The van der Waals surface area contributed by atoms with Gasteiger partial charge in [0.2, 0.25) is 0 Å². The van der Waals surface area contributed by atoms with E-state index in [0.29, 0.717) is 5.92 Å². The van der Waals surface area contributed by atoms with Crippen LogP contribution in [-0.4, -0.2) is 29.5 Å². The highest BCUT2D eigenvalue weighted by Gasteiger charge is 2.23. The van der Waals surface area contributed by atoms with E-state index in [4.69, 9.17) is 11.6 Å². The highest BCUT2D eigenvalue weighted by molar-refractivity contribution is 6.35. The summed E-state index contributed by atoms with van der Waals surface area (Å²) in [5.74, 6) is 0.609. The Morgan fingerprint density at radius 3 is 2.52 bits per heavy atom. The summed E-state index contributed by atoms with van der Waals surface area (Å²) in [6.07, 6.45) is 5.66. The molecule has 4 heteroatoms. The summed E-state index contributed by atoms with van der Waals surface area (Å²) in [5.41, 5.74) is 8.88. The smallest absolute Gasteiger partial charge is 0.0647 e. The molecule has 3 aromatic carbocycles. The van der Waals surface area contributed by atoms with E-state index < -0.39 is 0 Å². The number of aryl methyl sites for hydroxylation is 2. The zero-order valence-electron chi connectivity index (χ0n) is 19.5. The molecule has 1 aromatic heterocycles. The van der Waals surface area contributed by atoms with Crippen molar-refractivity contribution in [3.8, 4) is 0 Å². The first-order valence-corrected chi connectivity index (χ1v) is 12.4. The van der Waals surface area contributed by atoms with Crippen molar-refractivity contribution in [2.45, 2.75) is 39.0 Å². The molecule has 0 saturated carbocycles. The number of anilines is 2. The van der Waals surface area contributed by atoms with Crippen molar-refractivity contribution in [2.75, 3.05) is 25.0 Å². The third-order valence-corrected chi connectivity index (χ3v) is 7.43. The van der Waals surface area contributed by atoms with Crippen molar-refractivity contribution in [3.63, 3.8) is 0 Å². The Morgan fingerprint density at radius 1 is 0.970 bits per heavy atom. The molecule has 1 aliphatic rings. The predicted molar refractivity (Wildman–Crippen MR) is 141 cm³/mol. The second kappa shape index (κ2) is 9.62. The van der Waals surface area contributed by atoms with Gasteiger partial charge in [0.15, 0.2) is 0 Å². The van der Waals surface area contributed by atoms with Crippen LogP contribution in [0.1, 0.15) is 41.0 Å². The monoisotopic (exact) mass is 457 g/mol.